The molecule has 1 heterocycles. The first-order chi connectivity index (χ1) is 17.9. The lowest BCUT2D eigenvalue weighted by atomic mass is 10.00. The van der Waals surface area contributed by atoms with Crippen LogP contribution in [0.2, 0.25) is 5.02 Å². The normalized spacial score (nSPS) is 11.6. The molecule has 0 bridgehead atoms. The number of carbonyl (C=O) groups excluding carboxylic acids is 2. The van der Waals surface area contributed by atoms with Crippen LogP contribution in [-0.2, 0) is 27.7 Å². The summed E-state index contributed by atoms with van der Waals surface area (Å²) in [6.45, 7) is 3.94. The highest BCUT2D eigenvalue weighted by Crippen LogP contribution is 2.31. The molecule has 0 aliphatic carbocycles. The van der Waals surface area contributed by atoms with Crippen molar-refractivity contribution >= 4 is 29.5 Å². The maximum Gasteiger partial charge on any atom is 0.413 e. The number of aryl methyl sites for hydroxylation is 1. The van der Waals surface area contributed by atoms with Crippen molar-refractivity contribution in [2.45, 2.75) is 26.4 Å². The van der Waals surface area contributed by atoms with Gasteiger partial charge >= 0.3 is 12.1 Å². The molecule has 1 unspecified atom stereocenters. The third-order valence-corrected chi connectivity index (χ3v) is 6.27. The van der Waals surface area contributed by atoms with E-state index in [4.69, 9.17) is 21.1 Å². The van der Waals surface area contributed by atoms with Gasteiger partial charge in [-0.15, -0.1) is 0 Å². The van der Waals surface area contributed by atoms with E-state index in [9.17, 15) is 9.59 Å². The molecule has 0 saturated heterocycles. The lowest BCUT2D eigenvalue weighted by Crippen LogP contribution is -2.18. The van der Waals surface area contributed by atoms with Crippen molar-refractivity contribution < 1.29 is 19.1 Å². The van der Waals surface area contributed by atoms with Gasteiger partial charge in [0.15, 0.2) is 0 Å². The van der Waals surface area contributed by atoms with Gasteiger partial charge < -0.3 is 9.47 Å². The number of nitrogens with one attached hydrogen (secondary N) is 1. The molecule has 4 rings (SSSR count). The summed E-state index contributed by atoms with van der Waals surface area (Å²) in [5.74, 6) is 0.287. The molecular formula is C29H28ClN3O4. The number of carbonyl (C=O) groups is 2. The van der Waals surface area contributed by atoms with Crippen LogP contribution in [0.4, 0.5) is 10.6 Å². The summed E-state index contributed by atoms with van der Waals surface area (Å²) in [7, 11) is 1.75. The summed E-state index contributed by atoms with van der Waals surface area (Å²) in [6.07, 6.45) is 0.834. The van der Waals surface area contributed by atoms with Crippen molar-refractivity contribution in [2.75, 3.05) is 11.9 Å². The van der Waals surface area contributed by atoms with Crippen molar-refractivity contribution in [3.05, 3.63) is 95.1 Å². The molecule has 1 atom stereocenters. The fourth-order valence-corrected chi connectivity index (χ4v) is 4.28. The van der Waals surface area contributed by atoms with Gasteiger partial charge in [0, 0.05) is 23.2 Å². The predicted molar refractivity (Wildman–Crippen MR) is 144 cm³/mol. The highest BCUT2D eigenvalue weighted by atomic mass is 35.5. The molecule has 0 spiro atoms. The van der Waals surface area contributed by atoms with E-state index in [2.05, 4.69) is 10.4 Å². The number of benzene rings is 3. The number of hydrogen-bond acceptors (Lipinski definition) is 5. The molecule has 0 aliphatic heterocycles. The Labute approximate surface area is 221 Å². The molecular weight excluding hydrogens is 490 g/mol. The molecule has 0 saturated carbocycles. The Morgan fingerprint density at radius 3 is 2.24 bits per heavy atom. The zero-order valence-electron chi connectivity index (χ0n) is 20.9. The van der Waals surface area contributed by atoms with E-state index in [1.807, 2.05) is 66.7 Å². The third kappa shape index (κ3) is 6.37. The molecule has 4 aromatic rings. The highest BCUT2D eigenvalue weighted by molar-refractivity contribution is 6.31. The molecule has 37 heavy (non-hydrogen) atoms. The van der Waals surface area contributed by atoms with E-state index in [1.165, 1.54) is 0 Å². The summed E-state index contributed by atoms with van der Waals surface area (Å²) >= 11 is 6.23. The SMILES string of the molecule is CCOC(=O)Cc1ccc(-c2ccc(-c3cnn(C)c3NC(=O)OC(C)c3ccccc3Cl)cc2)cc1. The molecule has 0 fully saturated rings. The van der Waals surface area contributed by atoms with E-state index in [0.717, 1.165) is 33.4 Å². The number of esters is 1. The smallest absolute Gasteiger partial charge is 0.413 e. The summed E-state index contributed by atoms with van der Waals surface area (Å²) in [5.41, 5.74) is 5.35. The van der Waals surface area contributed by atoms with Crippen LogP contribution in [0.1, 0.15) is 31.1 Å². The first-order valence-corrected chi connectivity index (χ1v) is 12.3. The van der Waals surface area contributed by atoms with Crippen molar-refractivity contribution in [1.29, 1.82) is 0 Å². The van der Waals surface area contributed by atoms with Gasteiger partial charge in [-0.25, -0.2) is 4.79 Å². The number of rotatable bonds is 8. The van der Waals surface area contributed by atoms with Gasteiger partial charge in [0.2, 0.25) is 0 Å². The second kappa shape index (κ2) is 11.8. The monoisotopic (exact) mass is 517 g/mol. The standard InChI is InChI=1S/C29H28ClN3O4/c1-4-36-27(34)17-20-9-11-21(12-10-20)22-13-15-23(16-14-22)25-18-31-33(3)28(25)32-29(35)37-19(2)24-7-5-6-8-26(24)30/h5-16,18-19H,4,17H2,1-3H3,(H,32,35). The van der Waals surface area contributed by atoms with Crippen molar-refractivity contribution in [3.8, 4) is 22.3 Å². The zero-order valence-corrected chi connectivity index (χ0v) is 21.7. The van der Waals surface area contributed by atoms with Crippen molar-refractivity contribution in [2.24, 2.45) is 7.05 Å². The van der Waals surface area contributed by atoms with E-state index >= 15 is 0 Å². The Kier molecular flexibility index (Phi) is 8.25. The largest absolute Gasteiger partial charge is 0.466 e. The van der Waals surface area contributed by atoms with E-state index in [0.29, 0.717) is 17.4 Å². The van der Waals surface area contributed by atoms with E-state index in [1.54, 1.807) is 37.8 Å². The molecule has 1 amide bonds. The molecule has 0 aliphatic rings. The van der Waals surface area contributed by atoms with Gasteiger partial charge in [-0.1, -0.05) is 78.3 Å². The number of aromatic nitrogens is 2. The summed E-state index contributed by atoms with van der Waals surface area (Å²) < 4.78 is 12.2. The first-order valence-electron chi connectivity index (χ1n) is 11.9. The Bertz CT molecular complexity index is 1380. The maximum absolute atomic E-state index is 12.7. The second-order valence-corrected chi connectivity index (χ2v) is 8.89. The third-order valence-electron chi connectivity index (χ3n) is 5.92. The molecule has 1 aromatic heterocycles. The summed E-state index contributed by atoms with van der Waals surface area (Å²) in [6, 6.07) is 23.0. The van der Waals surface area contributed by atoms with Crippen LogP contribution in [-0.4, -0.2) is 28.4 Å². The first kappa shape index (κ1) is 26.0. The summed E-state index contributed by atoms with van der Waals surface area (Å²) in [4.78, 5) is 24.4. The lowest BCUT2D eigenvalue weighted by molar-refractivity contribution is -0.142. The molecule has 190 valence electrons. The van der Waals surface area contributed by atoms with Gasteiger partial charge in [-0.2, -0.15) is 5.10 Å². The molecule has 0 radical (unpaired) electrons. The lowest BCUT2D eigenvalue weighted by Gasteiger charge is -2.16. The fraction of sp³-hybridized carbons (Fsp3) is 0.207. The number of nitrogens with zero attached hydrogens (tertiary/aromatic N) is 2. The van der Waals surface area contributed by atoms with Crippen LogP contribution in [0, 0.1) is 0 Å². The van der Waals surface area contributed by atoms with Crippen LogP contribution < -0.4 is 5.32 Å². The number of anilines is 1. The predicted octanol–water partition coefficient (Wildman–Crippen LogP) is 6.82. The maximum atomic E-state index is 12.7. The van der Waals surface area contributed by atoms with Crippen LogP contribution >= 0.6 is 11.6 Å². The molecule has 3 aromatic carbocycles. The number of amides is 1. The number of hydrogen-bond donors (Lipinski definition) is 1. The van der Waals surface area contributed by atoms with E-state index < -0.39 is 12.2 Å². The summed E-state index contributed by atoms with van der Waals surface area (Å²) in [5, 5.41) is 7.66. The Morgan fingerprint density at radius 2 is 1.59 bits per heavy atom. The Balaban J connectivity index is 1.45. The van der Waals surface area contributed by atoms with Gasteiger partial charge in [0.1, 0.15) is 11.9 Å². The van der Waals surface area contributed by atoms with Crippen molar-refractivity contribution in [3.63, 3.8) is 0 Å². The molecule has 7 nitrogen and oxygen atoms in total. The van der Waals surface area contributed by atoms with Crippen LogP contribution in [0.5, 0.6) is 0 Å². The Hall–Kier alpha value is -4.10. The van der Waals surface area contributed by atoms with Crippen LogP contribution in [0.25, 0.3) is 22.3 Å². The Morgan fingerprint density at radius 1 is 0.973 bits per heavy atom. The quantitative estimate of drug-likeness (QED) is 0.259. The molecule has 8 heteroatoms. The minimum absolute atomic E-state index is 0.234. The zero-order chi connectivity index (χ0) is 26.4. The van der Waals surface area contributed by atoms with Gasteiger partial charge in [-0.05, 0) is 42.2 Å². The number of halogens is 1. The van der Waals surface area contributed by atoms with E-state index in [-0.39, 0.29) is 12.4 Å². The van der Waals surface area contributed by atoms with Gasteiger partial charge in [-0.3, -0.25) is 14.8 Å². The van der Waals surface area contributed by atoms with Gasteiger partial charge in [0.05, 0.1) is 19.2 Å². The average Bonchev–Trinajstić information content (AvgIpc) is 3.24. The second-order valence-electron chi connectivity index (χ2n) is 8.48. The average molecular weight is 518 g/mol. The van der Waals surface area contributed by atoms with Crippen LogP contribution in [0.15, 0.2) is 79.0 Å². The van der Waals surface area contributed by atoms with Gasteiger partial charge in [0.25, 0.3) is 0 Å². The topological polar surface area (TPSA) is 82.5 Å². The molecule has 1 N–H and O–H groups in total. The highest BCUT2D eigenvalue weighted by Gasteiger charge is 2.18. The minimum atomic E-state index is -0.600. The van der Waals surface area contributed by atoms with Crippen molar-refractivity contribution in [1.82, 2.24) is 9.78 Å². The minimum Gasteiger partial charge on any atom is -0.466 e. The number of ether oxygens (including phenoxy) is 2. The fourth-order valence-electron chi connectivity index (χ4n) is 3.99. The van der Waals surface area contributed by atoms with Crippen LogP contribution in [0.3, 0.4) is 0 Å².